The van der Waals surface area contributed by atoms with Crippen molar-refractivity contribution in [2.75, 3.05) is 26.2 Å². The molecule has 0 aromatic carbocycles. The summed E-state index contributed by atoms with van der Waals surface area (Å²) >= 11 is 0. The molecule has 1 aliphatic rings. The fourth-order valence-corrected chi connectivity index (χ4v) is 1.36. The van der Waals surface area contributed by atoms with Crippen LogP contribution in [0, 0.1) is 0 Å². The van der Waals surface area contributed by atoms with Crippen LogP contribution in [0.5, 0.6) is 0 Å². The van der Waals surface area contributed by atoms with Gasteiger partial charge in [-0.2, -0.15) is 0 Å². The third-order valence-corrected chi connectivity index (χ3v) is 1.95. The molecule has 1 amide bonds. The number of nitrogens with zero attached hydrogens (tertiary/aromatic N) is 1. The Morgan fingerprint density at radius 2 is 2.08 bits per heavy atom. The Balaban J connectivity index is 2.11. The lowest BCUT2D eigenvalue weighted by atomic mass is 10.4. The Hall–Kier alpha value is -0.900. The molecule has 0 bridgehead atoms. The lowest BCUT2D eigenvalue weighted by molar-refractivity contribution is -0.123. The van der Waals surface area contributed by atoms with Gasteiger partial charge in [-0.15, -0.1) is 0 Å². The summed E-state index contributed by atoms with van der Waals surface area (Å²) in [5, 5.41) is 2.51. The van der Waals surface area contributed by atoms with Gasteiger partial charge in [0.1, 0.15) is 6.29 Å². The van der Waals surface area contributed by atoms with Crippen molar-refractivity contribution in [3.8, 4) is 0 Å². The molecule has 0 aromatic rings. The third-order valence-electron chi connectivity index (χ3n) is 1.95. The predicted molar refractivity (Wildman–Crippen MR) is 44.7 cm³/mol. The molecule has 0 saturated carbocycles. The number of aldehydes is 1. The maximum absolute atomic E-state index is 11.0. The molecule has 0 aliphatic carbocycles. The highest BCUT2D eigenvalue weighted by molar-refractivity contribution is 5.80. The van der Waals surface area contributed by atoms with Crippen LogP contribution < -0.4 is 5.32 Å². The van der Waals surface area contributed by atoms with E-state index in [1.165, 1.54) is 12.8 Å². The Kier molecular flexibility index (Phi) is 3.73. The zero-order valence-electron chi connectivity index (χ0n) is 7.08. The zero-order valence-corrected chi connectivity index (χ0v) is 7.08. The van der Waals surface area contributed by atoms with E-state index in [-0.39, 0.29) is 12.5 Å². The van der Waals surface area contributed by atoms with Crippen molar-refractivity contribution in [3.05, 3.63) is 0 Å². The average molecular weight is 170 g/mol. The first-order valence-electron chi connectivity index (χ1n) is 4.25. The van der Waals surface area contributed by atoms with Gasteiger partial charge in [-0.25, -0.2) is 0 Å². The van der Waals surface area contributed by atoms with Gasteiger partial charge in [0.15, 0.2) is 0 Å². The minimum atomic E-state index is -0.0519. The molecule has 0 spiro atoms. The third kappa shape index (κ3) is 3.00. The SMILES string of the molecule is O=CCNC(=O)CN1CCCC1. The molecule has 0 atom stereocenters. The lowest BCUT2D eigenvalue weighted by Gasteiger charge is -2.12. The van der Waals surface area contributed by atoms with Gasteiger partial charge >= 0.3 is 0 Å². The number of hydrogen-bond acceptors (Lipinski definition) is 3. The van der Waals surface area contributed by atoms with Crippen molar-refractivity contribution in [2.45, 2.75) is 12.8 Å². The highest BCUT2D eigenvalue weighted by atomic mass is 16.2. The molecule has 1 saturated heterocycles. The van der Waals surface area contributed by atoms with E-state index in [0.29, 0.717) is 12.8 Å². The van der Waals surface area contributed by atoms with Crippen LogP contribution in [0.2, 0.25) is 0 Å². The molecule has 1 N–H and O–H groups in total. The molecule has 12 heavy (non-hydrogen) atoms. The molecule has 4 nitrogen and oxygen atoms in total. The number of hydrogen-bond donors (Lipinski definition) is 1. The van der Waals surface area contributed by atoms with E-state index >= 15 is 0 Å². The molecule has 1 heterocycles. The van der Waals surface area contributed by atoms with E-state index in [1.54, 1.807) is 0 Å². The summed E-state index contributed by atoms with van der Waals surface area (Å²) in [7, 11) is 0. The standard InChI is InChI=1S/C8H14N2O2/c11-6-3-9-8(12)7-10-4-1-2-5-10/h6H,1-5,7H2,(H,9,12). The molecule has 1 fully saturated rings. The van der Waals surface area contributed by atoms with E-state index < -0.39 is 0 Å². The second kappa shape index (κ2) is 4.87. The highest BCUT2D eigenvalue weighted by Gasteiger charge is 2.14. The summed E-state index contributed by atoms with van der Waals surface area (Å²) in [6, 6.07) is 0. The molecule has 1 rings (SSSR count). The van der Waals surface area contributed by atoms with E-state index in [2.05, 4.69) is 10.2 Å². The molecule has 68 valence electrons. The van der Waals surface area contributed by atoms with Crippen molar-refractivity contribution in [1.29, 1.82) is 0 Å². The summed E-state index contributed by atoms with van der Waals surface area (Å²) in [6.07, 6.45) is 3.06. The van der Waals surface area contributed by atoms with E-state index in [9.17, 15) is 9.59 Å². The van der Waals surface area contributed by atoms with Gasteiger partial charge < -0.3 is 10.1 Å². The van der Waals surface area contributed by atoms with Gasteiger partial charge in [-0.05, 0) is 25.9 Å². The summed E-state index contributed by atoms with van der Waals surface area (Å²) in [5.41, 5.74) is 0. The normalized spacial score (nSPS) is 17.7. The molecule has 0 aromatic heterocycles. The first-order chi connectivity index (χ1) is 5.83. The zero-order chi connectivity index (χ0) is 8.81. The van der Waals surface area contributed by atoms with Crippen LogP contribution in [0.4, 0.5) is 0 Å². The number of amides is 1. The van der Waals surface area contributed by atoms with Crippen LogP contribution in [0.3, 0.4) is 0 Å². The van der Waals surface area contributed by atoms with Gasteiger partial charge in [-0.3, -0.25) is 9.69 Å². The van der Waals surface area contributed by atoms with Crippen LogP contribution in [0.15, 0.2) is 0 Å². The first kappa shape index (κ1) is 9.19. The van der Waals surface area contributed by atoms with Crippen molar-refractivity contribution in [1.82, 2.24) is 10.2 Å². The molecule has 0 radical (unpaired) electrons. The number of carbonyl (C=O) groups excluding carboxylic acids is 2. The minimum Gasteiger partial charge on any atom is -0.348 e. The summed E-state index contributed by atoms with van der Waals surface area (Å²) in [4.78, 5) is 23.1. The summed E-state index contributed by atoms with van der Waals surface area (Å²) in [5.74, 6) is -0.0519. The first-order valence-corrected chi connectivity index (χ1v) is 4.25. The fraction of sp³-hybridized carbons (Fsp3) is 0.750. The molecule has 4 heteroatoms. The van der Waals surface area contributed by atoms with Gasteiger partial charge in [0.05, 0.1) is 13.1 Å². The second-order valence-electron chi connectivity index (χ2n) is 2.95. The Morgan fingerprint density at radius 1 is 1.42 bits per heavy atom. The maximum Gasteiger partial charge on any atom is 0.234 e. The lowest BCUT2D eigenvalue weighted by Crippen LogP contribution is -2.36. The van der Waals surface area contributed by atoms with Crippen molar-refractivity contribution in [3.63, 3.8) is 0 Å². The quantitative estimate of drug-likeness (QED) is 0.573. The van der Waals surface area contributed by atoms with Crippen LogP contribution in [0.25, 0.3) is 0 Å². The summed E-state index contributed by atoms with van der Waals surface area (Å²) < 4.78 is 0. The predicted octanol–water partition coefficient (Wildman–Crippen LogP) is -0.603. The smallest absolute Gasteiger partial charge is 0.234 e. The number of rotatable bonds is 4. The topological polar surface area (TPSA) is 49.4 Å². The number of likely N-dealkylation sites (tertiary alicyclic amines) is 1. The van der Waals surface area contributed by atoms with Gasteiger partial charge in [0, 0.05) is 0 Å². The minimum absolute atomic E-state index is 0.0519. The Morgan fingerprint density at radius 3 is 2.67 bits per heavy atom. The van der Waals surface area contributed by atoms with E-state index in [1.807, 2.05) is 0 Å². The average Bonchev–Trinajstić information content (AvgIpc) is 2.53. The van der Waals surface area contributed by atoms with Crippen molar-refractivity contribution in [2.24, 2.45) is 0 Å². The summed E-state index contributed by atoms with van der Waals surface area (Å²) in [6.45, 7) is 2.59. The van der Waals surface area contributed by atoms with Gasteiger partial charge in [-0.1, -0.05) is 0 Å². The molecule has 1 aliphatic heterocycles. The van der Waals surface area contributed by atoms with Crippen LogP contribution in [-0.2, 0) is 9.59 Å². The molecular weight excluding hydrogens is 156 g/mol. The number of carbonyl (C=O) groups is 2. The Bertz CT molecular complexity index is 164. The largest absolute Gasteiger partial charge is 0.348 e. The highest BCUT2D eigenvalue weighted by Crippen LogP contribution is 2.05. The molecular formula is C8H14N2O2. The van der Waals surface area contributed by atoms with Gasteiger partial charge in [0.25, 0.3) is 0 Å². The molecule has 0 unspecified atom stereocenters. The second-order valence-corrected chi connectivity index (χ2v) is 2.95. The van der Waals surface area contributed by atoms with Gasteiger partial charge in [0.2, 0.25) is 5.91 Å². The van der Waals surface area contributed by atoms with Crippen molar-refractivity contribution >= 4 is 12.2 Å². The van der Waals surface area contributed by atoms with Crippen LogP contribution in [0.1, 0.15) is 12.8 Å². The van der Waals surface area contributed by atoms with Crippen molar-refractivity contribution < 1.29 is 9.59 Å². The van der Waals surface area contributed by atoms with Crippen LogP contribution in [-0.4, -0.2) is 43.3 Å². The number of nitrogens with one attached hydrogen (secondary N) is 1. The fourth-order valence-electron chi connectivity index (χ4n) is 1.36. The van der Waals surface area contributed by atoms with E-state index in [4.69, 9.17) is 0 Å². The Labute approximate surface area is 71.9 Å². The van der Waals surface area contributed by atoms with Crippen LogP contribution >= 0.6 is 0 Å². The monoisotopic (exact) mass is 170 g/mol. The van der Waals surface area contributed by atoms with E-state index in [0.717, 1.165) is 13.1 Å². The maximum atomic E-state index is 11.0.